The zero-order valence-corrected chi connectivity index (χ0v) is 13.4. The number of ketones is 1. The number of halogens is 3. The topological polar surface area (TPSA) is 38.8 Å². The van der Waals surface area contributed by atoms with Gasteiger partial charge in [-0.25, -0.2) is 0 Å². The monoisotopic (exact) mass is 343 g/mol. The third kappa shape index (κ3) is 3.89. The first kappa shape index (κ1) is 17.2. The van der Waals surface area contributed by atoms with Crippen molar-refractivity contribution < 1.29 is 27.4 Å². The molecule has 7 heteroatoms. The van der Waals surface area contributed by atoms with Crippen LogP contribution >= 0.6 is 0 Å². The number of carbonyl (C=O) groups is 1. The Balaban J connectivity index is 1.69. The van der Waals surface area contributed by atoms with E-state index in [1.165, 1.54) is 18.2 Å². The van der Waals surface area contributed by atoms with Gasteiger partial charge in [0.1, 0.15) is 11.5 Å². The van der Waals surface area contributed by atoms with Crippen LogP contribution in [0.4, 0.5) is 13.2 Å². The number of alkyl halides is 3. The lowest BCUT2D eigenvalue weighted by atomic mass is 9.81. The fourth-order valence-corrected chi connectivity index (χ4v) is 3.56. The van der Waals surface area contributed by atoms with Crippen molar-refractivity contribution in [3.05, 3.63) is 29.8 Å². The molecule has 4 nitrogen and oxygen atoms in total. The van der Waals surface area contributed by atoms with Crippen molar-refractivity contribution >= 4 is 5.78 Å². The highest BCUT2D eigenvalue weighted by Gasteiger charge is 2.39. The van der Waals surface area contributed by atoms with Crippen LogP contribution in [0.25, 0.3) is 0 Å². The van der Waals surface area contributed by atoms with Crippen LogP contribution in [-0.2, 0) is 16.0 Å². The van der Waals surface area contributed by atoms with Gasteiger partial charge in [0.25, 0.3) is 0 Å². The van der Waals surface area contributed by atoms with Crippen molar-refractivity contribution in [2.24, 2.45) is 5.92 Å². The highest BCUT2D eigenvalue weighted by atomic mass is 19.4. The van der Waals surface area contributed by atoms with Crippen LogP contribution in [0.15, 0.2) is 24.3 Å². The Kier molecular flexibility index (Phi) is 4.83. The molecular formula is C17H20F3NO3. The van der Waals surface area contributed by atoms with Crippen LogP contribution in [0.2, 0.25) is 0 Å². The van der Waals surface area contributed by atoms with Gasteiger partial charge in [-0.05, 0) is 26.0 Å². The van der Waals surface area contributed by atoms with E-state index in [-0.39, 0.29) is 41.5 Å². The number of Topliss-reactive ketones (excluding diaryl/α,β-unsaturated/α-hetero) is 1. The van der Waals surface area contributed by atoms with E-state index in [9.17, 15) is 18.0 Å². The van der Waals surface area contributed by atoms with Gasteiger partial charge in [0.2, 0.25) is 0 Å². The normalized spacial score (nSPS) is 27.8. The highest BCUT2D eigenvalue weighted by molar-refractivity contribution is 5.84. The second-order valence-corrected chi connectivity index (χ2v) is 6.48. The molecule has 1 aromatic rings. The quantitative estimate of drug-likeness (QED) is 0.843. The molecule has 24 heavy (non-hydrogen) atoms. The van der Waals surface area contributed by atoms with E-state index in [4.69, 9.17) is 4.74 Å². The van der Waals surface area contributed by atoms with E-state index >= 15 is 0 Å². The van der Waals surface area contributed by atoms with Crippen LogP contribution in [0.1, 0.15) is 18.4 Å². The molecule has 0 saturated carbocycles. The number of hydrogen-bond acceptors (Lipinski definition) is 4. The molecule has 0 radical (unpaired) electrons. The predicted molar refractivity (Wildman–Crippen MR) is 80.7 cm³/mol. The van der Waals surface area contributed by atoms with E-state index in [2.05, 4.69) is 9.64 Å². The summed E-state index contributed by atoms with van der Waals surface area (Å²) in [6, 6.07) is 6.24. The molecule has 2 unspecified atom stereocenters. The molecule has 1 aromatic carbocycles. The molecule has 2 saturated heterocycles. The van der Waals surface area contributed by atoms with Crippen LogP contribution in [0.3, 0.4) is 0 Å². The molecule has 2 heterocycles. The van der Waals surface area contributed by atoms with E-state index in [1.807, 2.05) is 7.05 Å². The largest absolute Gasteiger partial charge is 0.573 e. The van der Waals surface area contributed by atoms with Crippen LogP contribution in [-0.4, -0.2) is 49.4 Å². The van der Waals surface area contributed by atoms with Gasteiger partial charge in [-0.2, -0.15) is 0 Å². The molecule has 0 aromatic heterocycles. The minimum atomic E-state index is -4.76. The lowest BCUT2D eigenvalue weighted by molar-refractivity contribution is -0.274. The number of hydrogen-bond donors (Lipinski definition) is 0. The first-order chi connectivity index (χ1) is 11.3. The SMILES string of the molecule is CN1C2COCC1CC(C(=O)Cc1ccccc1OC(F)(F)F)C2. The number of rotatable bonds is 4. The van der Waals surface area contributed by atoms with Gasteiger partial charge in [0.05, 0.1) is 13.2 Å². The Morgan fingerprint density at radius 1 is 1.25 bits per heavy atom. The van der Waals surface area contributed by atoms with Crippen molar-refractivity contribution in [3.63, 3.8) is 0 Å². The summed E-state index contributed by atoms with van der Waals surface area (Å²) in [6.07, 6.45) is -3.43. The maximum atomic E-state index is 12.6. The van der Waals surface area contributed by atoms with Gasteiger partial charge >= 0.3 is 6.36 Å². The number of ether oxygens (including phenoxy) is 2. The number of piperidine rings is 1. The van der Waals surface area contributed by atoms with E-state index in [1.54, 1.807) is 6.07 Å². The third-order valence-electron chi connectivity index (χ3n) is 4.90. The lowest BCUT2D eigenvalue weighted by Crippen LogP contribution is -2.55. The Bertz CT molecular complexity index is 591. The molecule has 2 fully saturated rings. The minimum absolute atomic E-state index is 0.0294. The fourth-order valence-electron chi connectivity index (χ4n) is 3.56. The van der Waals surface area contributed by atoms with Crippen molar-refractivity contribution in [3.8, 4) is 5.75 Å². The van der Waals surface area contributed by atoms with E-state index in [0.29, 0.717) is 26.1 Å². The Hall–Kier alpha value is -1.60. The van der Waals surface area contributed by atoms with Crippen LogP contribution in [0.5, 0.6) is 5.75 Å². The van der Waals surface area contributed by atoms with Gasteiger partial charge in [0.15, 0.2) is 0 Å². The Morgan fingerprint density at radius 2 is 1.88 bits per heavy atom. The van der Waals surface area contributed by atoms with E-state index < -0.39 is 6.36 Å². The van der Waals surface area contributed by atoms with Crippen molar-refractivity contribution in [1.82, 2.24) is 4.90 Å². The number of para-hydroxylation sites is 1. The second-order valence-electron chi connectivity index (χ2n) is 6.48. The minimum Gasteiger partial charge on any atom is -0.405 e. The first-order valence-electron chi connectivity index (χ1n) is 7.99. The number of nitrogens with zero attached hydrogens (tertiary/aromatic N) is 1. The first-order valence-corrected chi connectivity index (χ1v) is 7.99. The summed E-state index contributed by atoms with van der Waals surface area (Å²) in [6.45, 7) is 1.20. The highest BCUT2D eigenvalue weighted by Crippen LogP contribution is 2.33. The summed E-state index contributed by atoms with van der Waals surface area (Å²) >= 11 is 0. The average Bonchev–Trinajstić information content (AvgIpc) is 2.47. The zero-order valence-electron chi connectivity index (χ0n) is 13.4. The maximum absolute atomic E-state index is 12.6. The molecule has 0 aliphatic carbocycles. The average molecular weight is 343 g/mol. The predicted octanol–water partition coefficient (Wildman–Crippen LogP) is 2.81. The maximum Gasteiger partial charge on any atom is 0.573 e. The summed E-state index contributed by atoms with van der Waals surface area (Å²) < 4.78 is 47.0. The van der Waals surface area contributed by atoms with Crippen molar-refractivity contribution in [2.45, 2.75) is 37.7 Å². The molecule has 2 aliphatic heterocycles. The standard InChI is InChI=1S/C17H20F3NO3/c1-21-13-6-12(7-14(21)10-23-9-13)15(22)8-11-4-2-3-5-16(11)24-17(18,19)20/h2-5,12-14H,6-10H2,1H3. The summed E-state index contributed by atoms with van der Waals surface area (Å²) in [7, 11) is 2.03. The van der Waals surface area contributed by atoms with Gasteiger partial charge in [0, 0.05) is 30.0 Å². The third-order valence-corrected chi connectivity index (χ3v) is 4.90. The molecule has 2 bridgehead atoms. The summed E-state index contributed by atoms with van der Waals surface area (Å²) in [5.41, 5.74) is 0.278. The van der Waals surface area contributed by atoms with Gasteiger partial charge in [-0.3, -0.25) is 9.69 Å². The molecule has 0 N–H and O–H groups in total. The van der Waals surface area contributed by atoms with Crippen molar-refractivity contribution in [1.29, 1.82) is 0 Å². The summed E-state index contributed by atoms with van der Waals surface area (Å²) in [4.78, 5) is 14.9. The summed E-state index contributed by atoms with van der Waals surface area (Å²) in [5.74, 6) is -0.466. The second kappa shape index (κ2) is 6.72. The molecule has 132 valence electrons. The van der Waals surface area contributed by atoms with Crippen LogP contribution in [0, 0.1) is 5.92 Å². The van der Waals surface area contributed by atoms with Crippen LogP contribution < -0.4 is 4.74 Å². The molecule has 0 spiro atoms. The van der Waals surface area contributed by atoms with Crippen molar-refractivity contribution in [2.75, 3.05) is 20.3 Å². The Labute approximate surface area is 138 Å². The van der Waals surface area contributed by atoms with Gasteiger partial charge in [-0.15, -0.1) is 13.2 Å². The lowest BCUT2D eigenvalue weighted by Gasteiger charge is -2.46. The number of likely N-dealkylation sites (N-methyl/N-ethyl adjacent to an activating group) is 1. The zero-order chi connectivity index (χ0) is 17.3. The van der Waals surface area contributed by atoms with Gasteiger partial charge in [-0.1, -0.05) is 18.2 Å². The fraction of sp³-hybridized carbons (Fsp3) is 0.588. The Morgan fingerprint density at radius 3 is 2.50 bits per heavy atom. The molecule has 2 atom stereocenters. The number of carbonyl (C=O) groups excluding carboxylic acids is 1. The molecular weight excluding hydrogens is 323 g/mol. The number of morpholine rings is 1. The smallest absolute Gasteiger partial charge is 0.405 e. The molecule has 3 rings (SSSR count). The number of benzene rings is 1. The molecule has 2 aliphatic rings. The number of fused-ring (bicyclic) bond motifs is 2. The van der Waals surface area contributed by atoms with Gasteiger partial charge < -0.3 is 9.47 Å². The van der Waals surface area contributed by atoms with E-state index in [0.717, 1.165) is 0 Å². The summed E-state index contributed by atoms with van der Waals surface area (Å²) in [5, 5.41) is 0. The molecule has 0 amide bonds.